The summed E-state index contributed by atoms with van der Waals surface area (Å²) in [7, 11) is 2.98. The summed E-state index contributed by atoms with van der Waals surface area (Å²) >= 11 is 0. The fourth-order valence-corrected chi connectivity index (χ4v) is 3.24. The van der Waals surface area contributed by atoms with Crippen LogP contribution in [0, 0.1) is 0 Å². The highest BCUT2D eigenvalue weighted by Crippen LogP contribution is 2.27. The van der Waals surface area contributed by atoms with E-state index >= 15 is 0 Å². The zero-order valence-electron chi connectivity index (χ0n) is 15.9. The van der Waals surface area contributed by atoms with Crippen LogP contribution in [0.1, 0.15) is 28.9 Å². The molecule has 1 fully saturated rings. The summed E-state index contributed by atoms with van der Waals surface area (Å²) in [6, 6.07) is 1.68. The van der Waals surface area contributed by atoms with Crippen LogP contribution in [0.25, 0.3) is 0 Å². The molecule has 3 rings (SSSR count). The SMILES string of the molecule is Cn1cc(N2CCC(NC(=O)c3ccc(C(F)(F)F)nc3)CC2)c(=O)n(C)c1=O. The first-order chi connectivity index (χ1) is 13.6. The minimum Gasteiger partial charge on any atom is -0.366 e. The highest BCUT2D eigenvalue weighted by molar-refractivity contribution is 5.94. The minimum atomic E-state index is -4.56. The number of rotatable bonds is 3. The van der Waals surface area contributed by atoms with Gasteiger partial charge in [0.2, 0.25) is 0 Å². The van der Waals surface area contributed by atoms with Crippen LogP contribution in [0.3, 0.4) is 0 Å². The number of nitrogens with one attached hydrogen (secondary N) is 1. The molecule has 2 aromatic rings. The van der Waals surface area contributed by atoms with Gasteiger partial charge in [0.1, 0.15) is 11.4 Å². The molecule has 2 aromatic heterocycles. The third kappa shape index (κ3) is 4.33. The number of aryl methyl sites for hydroxylation is 1. The number of halogens is 3. The molecule has 8 nitrogen and oxygen atoms in total. The van der Waals surface area contributed by atoms with E-state index in [1.165, 1.54) is 17.8 Å². The molecule has 11 heteroatoms. The number of amides is 1. The molecule has 0 saturated carbocycles. The Morgan fingerprint density at radius 2 is 1.83 bits per heavy atom. The van der Waals surface area contributed by atoms with Crippen LogP contribution in [0.4, 0.5) is 18.9 Å². The van der Waals surface area contributed by atoms with E-state index in [4.69, 9.17) is 0 Å². The van der Waals surface area contributed by atoms with E-state index in [-0.39, 0.29) is 17.2 Å². The van der Waals surface area contributed by atoms with Gasteiger partial charge in [0.05, 0.1) is 5.56 Å². The molecule has 1 aliphatic rings. The fraction of sp³-hybridized carbons (Fsp3) is 0.444. The molecule has 29 heavy (non-hydrogen) atoms. The second kappa shape index (κ2) is 7.72. The van der Waals surface area contributed by atoms with E-state index in [9.17, 15) is 27.6 Å². The Kier molecular flexibility index (Phi) is 5.49. The Labute approximate surface area is 163 Å². The fourth-order valence-electron chi connectivity index (χ4n) is 3.24. The molecule has 0 aromatic carbocycles. The van der Waals surface area contributed by atoms with Gasteiger partial charge in [-0.05, 0) is 25.0 Å². The van der Waals surface area contributed by atoms with E-state index in [1.807, 2.05) is 4.90 Å². The molecule has 3 heterocycles. The van der Waals surface area contributed by atoms with Crippen LogP contribution in [-0.4, -0.2) is 39.2 Å². The summed E-state index contributed by atoms with van der Waals surface area (Å²) in [5, 5.41) is 2.79. The van der Waals surface area contributed by atoms with Gasteiger partial charge in [0.15, 0.2) is 0 Å². The van der Waals surface area contributed by atoms with Crippen LogP contribution in [-0.2, 0) is 20.3 Å². The summed E-state index contributed by atoms with van der Waals surface area (Å²) < 4.78 is 40.1. The minimum absolute atomic E-state index is 0.0485. The topological polar surface area (TPSA) is 89.2 Å². The van der Waals surface area contributed by atoms with Gasteiger partial charge in [-0.2, -0.15) is 13.2 Å². The van der Waals surface area contributed by atoms with Crippen molar-refractivity contribution in [3.05, 3.63) is 56.6 Å². The molecular formula is C18H20F3N5O3. The molecule has 0 radical (unpaired) electrons. The lowest BCUT2D eigenvalue weighted by Crippen LogP contribution is -2.47. The van der Waals surface area contributed by atoms with E-state index < -0.39 is 23.5 Å². The Hall–Kier alpha value is -3.11. The van der Waals surface area contributed by atoms with Crippen molar-refractivity contribution in [1.82, 2.24) is 19.4 Å². The maximum absolute atomic E-state index is 12.6. The molecule has 1 N–H and O–H groups in total. The van der Waals surface area contributed by atoms with Gasteiger partial charge in [-0.15, -0.1) is 0 Å². The van der Waals surface area contributed by atoms with E-state index in [2.05, 4.69) is 10.3 Å². The summed E-state index contributed by atoms with van der Waals surface area (Å²) in [4.78, 5) is 41.5. The summed E-state index contributed by atoms with van der Waals surface area (Å²) in [6.45, 7) is 0.979. The highest BCUT2D eigenvalue weighted by atomic mass is 19.4. The lowest BCUT2D eigenvalue weighted by Gasteiger charge is -2.33. The van der Waals surface area contributed by atoms with Crippen LogP contribution in [0.5, 0.6) is 0 Å². The van der Waals surface area contributed by atoms with E-state index in [0.717, 1.165) is 22.9 Å². The second-order valence-electron chi connectivity index (χ2n) is 6.94. The van der Waals surface area contributed by atoms with Crippen molar-refractivity contribution < 1.29 is 18.0 Å². The maximum Gasteiger partial charge on any atom is 0.433 e. The summed E-state index contributed by atoms with van der Waals surface area (Å²) in [5.74, 6) is -0.498. The summed E-state index contributed by atoms with van der Waals surface area (Å²) in [5.41, 5.74) is -1.39. The van der Waals surface area contributed by atoms with Crippen LogP contribution in [0.15, 0.2) is 34.1 Å². The van der Waals surface area contributed by atoms with Crippen molar-refractivity contribution in [1.29, 1.82) is 0 Å². The van der Waals surface area contributed by atoms with Crippen LogP contribution >= 0.6 is 0 Å². The monoisotopic (exact) mass is 411 g/mol. The first kappa shape index (κ1) is 20.6. The third-order valence-electron chi connectivity index (χ3n) is 4.92. The molecule has 1 saturated heterocycles. The maximum atomic E-state index is 12.6. The Bertz CT molecular complexity index is 1020. The standard InChI is InChI=1S/C18H20F3N5O3/c1-24-10-13(16(28)25(2)17(24)29)26-7-5-12(6-8-26)23-15(27)11-3-4-14(22-9-11)18(19,20)21/h3-4,9-10,12H,5-8H2,1-2H3,(H,23,27). The van der Waals surface area contributed by atoms with Crippen LogP contribution < -0.4 is 21.5 Å². The zero-order chi connectivity index (χ0) is 21.3. The van der Waals surface area contributed by atoms with E-state index in [0.29, 0.717) is 31.6 Å². The smallest absolute Gasteiger partial charge is 0.366 e. The number of hydrogen-bond donors (Lipinski definition) is 1. The van der Waals surface area contributed by atoms with Gasteiger partial charge >= 0.3 is 11.9 Å². The number of pyridine rings is 1. The van der Waals surface area contributed by atoms with Crippen molar-refractivity contribution >= 4 is 11.6 Å². The van der Waals surface area contributed by atoms with E-state index in [1.54, 1.807) is 7.05 Å². The molecule has 1 aliphatic heterocycles. The normalized spacial score (nSPS) is 15.4. The van der Waals surface area contributed by atoms with Gasteiger partial charge in [-0.25, -0.2) is 4.79 Å². The lowest BCUT2D eigenvalue weighted by molar-refractivity contribution is -0.141. The Morgan fingerprint density at radius 3 is 2.38 bits per heavy atom. The van der Waals surface area contributed by atoms with Crippen molar-refractivity contribution in [2.75, 3.05) is 18.0 Å². The molecule has 0 unspecified atom stereocenters. The number of carbonyl (C=O) groups excluding carboxylic acids is 1. The number of hydrogen-bond acceptors (Lipinski definition) is 5. The quantitative estimate of drug-likeness (QED) is 0.811. The average Bonchev–Trinajstić information content (AvgIpc) is 2.69. The number of alkyl halides is 3. The predicted octanol–water partition coefficient (Wildman–Crippen LogP) is 0.897. The molecule has 156 valence electrons. The first-order valence-electron chi connectivity index (χ1n) is 8.93. The third-order valence-corrected chi connectivity index (χ3v) is 4.92. The Balaban J connectivity index is 1.62. The first-order valence-corrected chi connectivity index (χ1v) is 8.93. The number of nitrogens with zero attached hydrogens (tertiary/aromatic N) is 4. The van der Waals surface area contributed by atoms with Gasteiger partial charge in [0.25, 0.3) is 11.5 Å². The number of carbonyl (C=O) groups is 1. The zero-order valence-corrected chi connectivity index (χ0v) is 15.9. The molecule has 0 aliphatic carbocycles. The molecule has 0 spiro atoms. The van der Waals surface area contributed by atoms with Gasteiger partial charge in [-0.3, -0.25) is 19.1 Å². The van der Waals surface area contributed by atoms with Gasteiger partial charge in [0, 0.05) is 45.6 Å². The Morgan fingerprint density at radius 1 is 1.17 bits per heavy atom. The van der Waals surface area contributed by atoms with Crippen LogP contribution in [0.2, 0.25) is 0 Å². The molecule has 1 amide bonds. The van der Waals surface area contributed by atoms with Crippen molar-refractivity contribution in [3.63, 3.8) is 0 Å². The average molecular weight is 411 g/mol. The molecule has 0 atom stereocenters. The molecular weight excluding hydrogens is 391 g/mol. The van der Waals surface area contributed by atoms with Gasteiger partial charge in [-0.1, -0.05) is 0 Å². The number of aromatic nitrogens is 3. The largest absolute Gasteiger partial charge is 0.433 e. The molecule has 0 bridgehead atoms. The number of piperidine rings is 1. The predicted molar refractivity (Wildman–Crippen MR) is 98.9 cm³/mol. The lowest BCUT2D eigenvalue weighted by atomic mass is 10.0. The van der Waals surface area contributed by atoms with Crippen molar-refractivity contribution in [2.24, 2.45) is 14.1 Å². The highest BCUT2D eigenvalue weighted by Gasteiger charge is 2.32. The van der Waals surface area contributed by atoms with Crippen molar-refractivity contribution in [2.45, 2.75) is 25.1 Å². The second-order valence-corrected chi connectivity index (χ2v) is 6.94. The number of anilines is 1. The van der Waals surface area contributed by atoms with Gasteiger partial charge < -0.3 is 14.8 Å². The summed E-state index contributed by atoms with van der Waals surface area (Å²) in [6.07, 6.45) is -1.06. The van der Waals surface area contributed by atoms with Crippen molar-refractivity contribution in [3.8, 4) is 0 Å².